The number of urea groups is 1. The highest BCUT2D eigenvalue weighted by atomic mass is 16.5. The number of nitrogens with one attached hydrogen (secondary N) is 2. The number of ether oxygens (including phenoxy) is 2. The van der Waals surface area contributed by atoms with Crippen molar-refractivity contribution in [2.45, 2.75) is 13.0 Å². The second-order valence-electron chi connectivity index (χ2n) is 5.46. The number of hydrogen-bond acceptors (Lipinski definition) is 4. The van der Waals surface area contributed by atoms with E-state index in [0.717, 1.165) is 16.3 Å². The topological polar surface area (TPSA) is 76.7 Å². The number of amides is 2. The van der Waals surface area contributed by atoms with E-state index in [-0.39, 0.29) is 6.03 Å². The van der Waals surface area contributed by atoms with Crippen LogP contribution in [0, 0.1) is 0 Å². The Hall–Kier alpha value is -3.02. The Kier molecular flexibility index (Phi) is 4.12. The lowest BCUT2D eigenvalue weighted by molar-refractivity contribution is -0.136. The number of fused-ring (bicyclic) bond motifs is 1. The molecule has 0 saturated heterocycles. The zero-order valence-corrected chi connectivity index (χ0v) is 13.7. The van der Waals surface area contributed by atoms with Crippen LogP contribution in [0.15, 0.2) is 47.7 Å². The minimum Gasteiger partial charge on any atom is -0.496 e. The summed E-state index contributed by atoms with van der Waals surface area (Å²) in [6, 6.07) is 10.5. The molecule has 1 aliphatic heterocycles. The van der Waals surface area contributed by atoms with E-state index < -0.39 is 12.0 Å². The van der Waals surface area contributed by atoms with Crippen molar-refractivity contribution >= 4 is 22.8 Å². The Morgan fingerprint density at radius 3 is 2.58 bits per heavy atom. The largest absolute Gasteiger partial charge is 0.496 e. The highest BCUT2D eigenvalue weighted by molar-refractivity contribution is 5.98. The normalized spacial score (nSPS) is 17.3. The van der Waals surface area contributed by atoms with E-state index in [1.807, 2.05) is 36.4 Å². The molecule has 24 heavy (non-hydrogen) atoms. The molecule has 1 atom stereocenters. The summed E-state index contributed by atoms with van der Waals surface area (Å²) < 4.78 is 10.4. The molecule has 0 bridgehead atoms. The van der Waals surface area contributed by atoms with Gasteiger partial charge in [0.05, 0.1) is 25.8 Å². The lowest BCUT2D eigenvalue weighted by atomic mass is 9.90. The van der Waals surface area contributed by atoms with Crippen LogP contribution < -0.4 is 15.4 Å². The van der Waals surface area contributed by atoms with Gasteiger partial charge in [0.2, 0.25) is 0 Å². The number of carbonyl (C=O) groups is 2. The molecule has 1 heterocycles. The van der Waals surface area contributed by atoms with Crippen LogP contribution in [0.2, 0.25) is 0 Å². The molecule has 124 valence electrons. The summed E-state index contributed by atoms with van der Waals surface area (Å²) in [5.41, 5.74) is 1.54. The maximum atomic E-state index is 12.3. The Bertz CT molecular complexity index is 857. The van der Waals surface area contributed by atoms with Crippen LogP contribution >= 0.6 is 0 Å². The number of allylic oxidation sites excluding steroid dienone is 1. The third kappa shape index (κ3) is 2.56. The third-order valence-electron chi connectivity index (χ3n) is 4.11. The molecule has 6 nitrogen and oxygen atoms in total. The van der Waals surface area contributed by atoms with Gasteiger partial charge in [0.15, 0.2) is 0 Å². The molecule has 2 N–H and O–H groups in total. The zero-order valence-electron chi connectivity index (χ0n) is 13.7. The summed E-state index contributed by atoms with van der Waals surface area (Å²) in [6.07, 6.45) is 0. The molecule has 2 aromatic carbocycles. The summed E-state index contributed by atoms with van der Waals surface area (Å²) in [5, 5.41) is 7.31. The lowest BCUT2D eigenvalue weighted by Crippen LogP contribution is -2.45. The second kappa shape index (κ2) is 6.23. The molecule has 0 saturated carbocycles. The van der Waals surface area contributed by atoms with Crippen molar-refractivity contribution in [1.29, 1.82) is 0 Å². The molecule has 1 aliphatic rings. The molecular formula is C18H18N2O4. The van der Waals surface area contributed by atoms with E-state index in [9.17, 15) is 9.59 Å². The first-order valence-electron chi connectivity index (χ1n) is 7.49. The molecule has 0 aliphatic carbocycles. The Morgan fingerprint density at radius 2 is 1.88 bits per heavy atom. The van der Waals surface area contributed by atoms with Gasteiger partial charge in [-0.1, -0.05) is 30.3 Å². The molecular weight excluding hydrogens is 308 g/mol. The van der Waals surface area contributed by atoms with Crippen molar-refractivity contribution in [3.05, 3.63) is 53.2 Å². The summed E-state index contributed by atoms with van der Waals surface area (Å²) in [5.74, 6) is 0.0927. The van der Waals surface area contributed by atoms with E-state index in [2.05, 4.69) is 10.6 Å². The van der Waals surface area contributed by atoms with Gasteiger partial charge in [0.1, 0.15) is 5.75 Å². The van der Waals surface area contributed by atoms with Crippen LogP contribution in [0.3, 0.4) is 0 Å². The summed E-state index contributed by atoms with van der Waals surface area (Å²) >= 11 is 0. The Balaban J connectivity index is 2.29. The second-order valence-corrected chi connectivity index (χ2v) is 5.46. The van der Waals surface area contributed by atoms with Crippen LogP contribution in [0.5, 0.6) is 5.75 Å². The maximum Gasteiger partial charge on any atom is 0.337 e. The average Bonchev–Trinajstić information content (AvgIpc) is 2.59. The number of benzene rings is 2. The zero-order chi connectivity index (χ0) is 17.3. The first-order valence-corrected chi connectivity index (χ1v) is 7.49. The van der Waals surface area contributed by atoms with E-state index >= 15 is 0 Å². The van der Waals surface area contributed by atoms with Crippen LogP contribution in [0.25, 0.3) is 10.8 Å². The van der Waals surface area contributed by atoms with Gasteiger partial charge in [-0.05, 0) is 23.8 Å². The predicted molar refractivity (Wildman–Crippen MR) is 89.6 cm³/mol. The summed E-state index contributed by atoms with van der Waals surface area (Å²) in [7, 11) is 2.88. The van der Waals surface area contributed by atoms with Crippen molar-refractivity contribution < 1.29 is 19.1 Å². The fourth-order valence-electron chi connectivity index (χ4n) is 3.04. The van der Waals surface area contributed by atoms with Gasteiger partial charge in [-0.15, -0.1) is 0 Å². The molecule has 0 fully saturated rings. The minimum absolute atomic E-state index is 0.353. The van der Waals surface area contributed by atoms with Crippen molar-refractivity contribution in [3.8, 4) is 5.75 Å². The van der Waals surface area contributed by atoms with Gasteiger partial charge in [0, 0.05) is 11.3 Å². The first kappa shape index (κ1) is 15.9. The van der Waals surface area contributed by atoms with E-state index in [0.29, 0.717) is 17.0 Å². The van der Waals surface area contributed by atoms with Gasteiger partial charge < -0.3 is 20.1 Å². The van der Waals surface area contributed by atoms with Crippen LogP contribution in [0.4, 0.5) is 4.79 Å². The van der Waals surface area contributed by atoms with Crippen molar-refractivity contribution in [2.24, 2.45) is 0 Å². The number of methoxy groups -OCH3 is 2. The minimum atomic E-state index is -0.660. The molecule has 0 unspecified atom stereocenters. The molecule has 2 amide bonds. The van der Waals surface area contributed by atoms with Crippen molar-refractivity contribution in [3.63, 3.8) is 0 Å². The SMILES string of the molecule is COC(=O)C1=C(C)NC(=O)N[C@H]1c1c(OC)ccc2ccccc12. The number of rotatable bonds is 3. The molecule has 6 heteroatoms. The van der Waals surface area contributed by atoms with Gasteiger partial charge in [0.25, 0.3) is 0 Å². The molecule has 0 spiro atoms. The Morgan fingerprint density at radius 1 is 1.12 bits per heavy atom. The highest BCUT2D eigenvalue weighted by Crippen LogP contribution is 2.38. The summed E-state index contributed by atoms with van der Waals surface area (Å²) in [6.45, 7) is 1.68. The Labute approximate surface area is 139 Å². The maximum absolute atomic E-state index is 12.3. The van der Waals surface area contributed by atoms with E-state index in [1.54, 1.807) is 14.0 Å². The van der Waals surface area contributed by atoms with Gasteiger partial charge in [-0.25, -0.2) is 9.59 Å². The van der Waals surface area contributed by atoms with Gasteiger partial charge >= 0.3 is 12.0 Å². The smallest absolute Gasteiger partial charge is 0.337 e. The fourth-order valence-corrected chi connectivity index (χ4v) is 3.04. The monoisotopic (exact) mass is 326 g/mol. The number of hydrogen-bond donors (Lipinski definition) is 2. The first-order chi connectivity index (χ1) is 11.6. The third-order valence-corrected chi connectivity index (χ3v) is 4.11. The van der Waals surface area contributed by atoms with Crippen LogP contribution in [-0.4, -0.2) is 26.2 Å². The number of carbonyl (C=O) groups excluding carboxylic acids is 2. The quantitative estimate of drug-likeness (QED) is 0.850. The molecule has 3 rings (SSSR count). The number of esters is 1. The van der Waals surface area contributed by atoms with Gasteiger partial charge in [-0.2, -0.15) is 0 Å². The summed E-state index contributed by atoms with van der Waals surface area (Å²) in [4.78, 5) is 24.3. The fraction of sp³-hybridized carbons (Fsp3) is 0.222. The van der Waals surface area contributed by atoms with Crippen LogP contribution in [-0.2, 0) is 9.53 Å². The van der Waals surface area contributed by atoms with Crippen molar-refractivity contribution in [1.82, 2.24) is 10.6 Å². The predicted octanol–water partition coefficient (Wildman–Crippen LogP) is 2.65. The lowest BCUT2D eigenvalue weighted by Gasteiger charge is -2.29. The average molecular weight is 326 g/mol. The van der Waals surface area contributed by atoms with E-state index in [4.69, 9.17) is 9.47 Å². The standard InChI is InChI=1S/C18H18N2O4/c1-10-14(17(21)24-3)16(20-18(22)19-10)15-12-7-5-4-6-11(12)8-9-13(15)23-2/h4-9,16H,1-3H3,(H2,19,20,22)/t16-/m1/s1. The molecule has 0 aromatic heterocycles. The van der Waals surface area contributed by atoms with Crippen LogP contribution in [0.1, 0.15) is 18.5 Å². The highest BCUT2D eigenvalue weighted by Gasteiger charge is 2.34. The molecule has 2 aromatic rings. The van der Waals surface area contributed by atoms with Gasteiger partial charge in [-0.3, -0.25) is 0 Å². The molecule has 0 radical (unpaired) electrons. The van der Waals surface area contributed by atoms with E-state index in [1.165, 1.54) is 7.11 Å². The van der Waals surface area contributed by atoms with Crippen molar-refractivity contribution in [2.75, 3.05) is 14.2 Å².